The summed E-state index contributed by atoms with van der Waals surface area (Å²) in [5, 5.41) is 12.1. The fourth-order valence-corrected chi connectivity index (χ4v) is 1.84. The standard InChI is InChI=1S/C14H23NO3/c1-3-4-5-6-7-11(2)15-9-13-8-12(10-18-13)14(16)17/h8,10-11,15H,3-7,9H2,1-2H3,(H,16,17). The molecule has 0 amide bonds. The van der Waals surface area contributed by atoms with E-state index in [0.29, 0.717) is 18.3 Å². The summed E-state index contributed by atoms with van der Waals surface area (Å²) in [7, 11) is 0. The molecule has 18 heavy (non-hydrogen) atoms. The van der Waals surface area contributed by atoms with Crippen LogP contribution in [-0.2, 0) is 6.54 Å². The van der Waals surface area contributed by atoms with Crippen molar-refractivity contribution in [3.63, 3.8) is 0 Å². The van der Waals surface area contributed by atoms with Crippen LogP contribution in [0.2, 0.25) is 0 Å². The van der Waals surface area contributed by atoms with E-state index in [1.807, 2.05) is 0 Å². The van der Waals surface area contributed by atoms with E-state index >= 15 is 0 Å². The summed E-state index contributed by atoms with van der Waals surface area (Å²) in [6.45, 7) is 4.94. The first-order chi connectivity index (χ1) is 8.63. The third kappa shape index (κ3) is 5.36. The molecule has 0 fully saturated rings. The summed E-state index contributed by atoms with van der Waals surface area (Å²) in [6, 6.07) is 2.00. The molecule has 1 atom stereocenters. The first-order valence-corrected chi connectivity index (χ1v) is 6.67. The van der Waals surface area contributed by atoms with Crippen molar-refractivity contribution in [3.05, 3.63) is 23.7 Å². The van der Waals surface area contributed by atoms with Crippen LogP contribution in [0.25, 0.3) is 0 Å². The molecule has 4 nitrogen and oxygen atoms in total. The Bertz CT molecular complexity index is 360. The summed E-state index contributed by atoms with van der Waals surface area (Å²) >= 11 is 0. The highest BCUT2D eigenvalue weighted by atomic mass is 16.4. The van der Waals surface area contributed by atoms with Crippen molar-refractivity contribution in [2.75, 3.05) is 0 Å². The number of hydrogen-bond donors (Lipinski definition) is 2. The zero-order valence-electron chi connectivity index (χ0n) is 11.2. The molecule has 0 bridgehead atoms. The van der Waals surface area contributed by atoms with Crippen LogP contribution in [0.3, 0.4) is 0 Å². The molecule has 1 unspecified atom stereocenters. The van der Waals surface area contributed by atoms with Gasteiger partial charge in [0, 0.05) is 6.04 Å². The van der Waals surface area contributed by atoms with Crippen molar-refractivity contribution in [2.45, 2.75) is 58.5 Å². The van der Waals surface area contributed by atoms with E-state index in [0.717, 1.165) is 6.42 Å². The lowest BCUT2D eigenvalue weighted by Crippen LogP contribution is -2.25. The van der Waals surface area contributed by atoms with E-state index in [1.54, 1.807) is 6.07 Å². The molecule has 1 aromatic heterocycles. The number of rotatable bonds is 9. The number of unbranched alkanes of at least 4 members (excludes halogenated alkanes) is 3. The topological polar surface area (TPSA) is 62.5 Å². The first-order valence-electron chi connectivity index (χ1n) is 6.67. The smallest absolute Gasteiger partial charge is 0.338 e. The molecule has 4 heteroatoms. The molecule has 1 heterocycles. The fourth-order valence-electron chi connectivity index (χ4n) is 1.84. The van der Waals surface area contributed by atoms with Crippen LogP contribution in [0.1, 0.15) is 62.1 Å². The predicted molar refractivity (Wildman–Crippen MR) is 70.7 cm³/mol. The van der Waals surface area contributed by atoms with Gasteiger partial charge in [-0.15, -0.1) is 0 Å². The number of aromatic carboxylic acids is 1. The lowest BCUT2D eigenvalue weighted by Gasteiger charge is -2.12. The van der Waals surface area contributed by atoms with Crippen LogP contribution < -0.4 is 5.32 Å². The van der Waals surface area contributed by atoms with Gasteiger partial charge in [-0.2, -0.15) is 0 Å². The molecule has 1 aromatic rings. The van der Waals surface area contributed by atoms with E-state index in [2.05, 4.69) is 19.2 Å². The second-order valence-corrected chi connectivity index (χ2v) is 4.74. The quantitative estimate of drug-likeness (QED) is 0.662. The van der Waals surface area contributed by atoms with Crippen LogP contribution in [0, 0.1) is 0 Å². The lowest BCUT2D eigenvalue weighted by molar-refractivity contribution is 0.0696. The summed E-state index contributed by atoms with van der Waals surface area (Å²) in [5.74, 6) is -0.273. The maximum Gasteiger partial charge on any atom is 0.338 e. The Morgan fingerprint density at radius 1 is 1.44 bits per heavy atom. The molecule has 0 aliphatic carbocycles. The summed E-state index contributed by atoms with van der Waals surface area (Å²) in [4.78, 5) is 10.7. The fraction of sp³-hybridized carbons (Fsp3) is 0.643. The molecule has 0 spiro atoms. The molecule has 0 saturated carbocycles. The third-order valence-corrected chi connectivity index (χ3v) is 3.02. The van der Waals surface area contributed by atoms with Crippen LogP contribution >= 0.6 is 0 Å². The van der Waals surface area contributed by atoms with Gasteiger partial charge in [-0.25, -0.2) is 4.79 Å². The number of furan rings is 1. The first kappa shape index (κ1) is 14.8. The van der Waals surface area contributed by atoms with Crippen molar-refractivity contribution in [3.8, 4) is 0 Å². The van der Waals surface area contributed by atoms with Gasteiger partial charge < -0.3 is 14.8 Å². The van der Waals surface area contributed by atoms with Gasteiger partial charge in [0.1, 0.15) is 12.0 Å². The van der Waals surface area contributed by atoms with Crippen LogP contribution in [0.5, 0.6) is 0 Å². The van der Waals surface area contributed by atoms with E-state index in [4.69, 9.17) is 9.52 Å². The molecule has 102 valence electrons. The molecule has 0 aliphatic rings. The van der Waals surface area contributed by atoms with E-state index in [-0.39, 0.29) is 5.56 Å². The van der Waals surface area contributed by atoms with Gasteiger partial charge >= 0.3 is 5.97 Å². The number of carboxylic acids is 1. The minimum atomic E-state index is -0.947. The average molecular weight is 253 g/mol. The van der Waals surface area contributed by atoms with Crippen molar-refractivity contribution < 1.29 is 14.3 Å². The zero-order valence-corrected chi connectivity index (χ0v) is 11.2. The second-order valence-electron chi connectivity index (χ2n) is 4.74. The van der Waals surface area contributed by atoms with Gasteiger partial charge in [0.05, 0.1) is 12.1 Å². The molecule has 0 saturated heterocycles. The highest BCUT2D eigenvalue weighted by Gasteiger charge is 2.09. The second kappa shape index (κ2) is 7.93. The number of carboxylic acid groups (broad SMARTS) is 1. The third-order valence-electron chi connectivity index (χ3n) is 3.02. The number of hydrogen-bond acceptors (Lipinski definition) is 3. The molecule has 2 N–H and O–H groups in total. The Labute approximate surface area is 108 Å². The molecule has 0 radical (unpaired) electrons. The zero-order chi connectivity index (χ0) is 13.4. The Kier molecular flexibility index (Phi) is 6.50. The van der Waals surface area contributed by atoms with E-state index in [9.17, 15) is 4.79 Å². The molecule has 1 rings (SSSR count). The Balaban J connectivity index is 2.20. The van der Waals surface area contributed by atoms with E-state index in [1.165, 1.54) is 31.9 Å². The Morgan fingerprint density at radius 2 is 2.22 bits per heavy atom. The van der Waals surface area contributed by atoms with Gasteiger partial charge in [0.2, 0.25) is 0 Å². The maximum absolute atomic E-state index is 10.7. The van der Waals surface area contributed by atoms with Crippen LogP contribution in [-0.4, -0.2) is 17.1 Å². The van der Waals surface area contributed by atoms with Crippen molar-refractivity contribution in [1.29, 1.82) is 0 Å². The van der Waals surface area contributed by atoms with Crippen LogP contribution in [0.4, 0.5) is 0 Å². The monoisotopic (exact) mass is 253 g/mol. The predicted octanol–water partition coefficient (Wildman–Crippen LogP) is 3.43. The highest BCUT2D eigenvalue weighted by Crippen LogP contribution is 2.09. The van der Waals surface area contributed by atoms with Gasteiger partial charge in [-0.1, -0.05) is 32.6 Å². The van der Waals surface area contributed by atoms with Crippen molar-refractivity contribution in [2.24, 2.45) is 0 Å². The molecular formula is C14H23NO3. The minimum Gasteiger partial charge on any atom is -0.478 e. The van der Waals surface area contributed by atoms with Gasteiger partial charge in [0.15, 0.2) is 0 Å². The van der Waals surface area contributed by atoms with Crippen LogP contribution in [0.15, 0.2) is 16.7 Å². The Morgan fingerprint density at radius 3 is 2.83 bits per heavy atom. The molecule has 0 aromatic carbocycles. The number of carbonyl (C=O) groups is 1. The van der Waals surface area contributed by atoms with E-state index < -0.39 is 5.97 Å². The highest BCUT2D eigenvalue weighted by molar-refractivity contribution is 5.87. The lowest BCUT2D eigenvalue weighted by atomic mass is 10.1. The molecule has 0 aliphatic heterocycles. The average Bonchev–Trinajstić information content (AvgIpc) is 2.81. The van der Waals surface area contributed by atoms with Gasteiger partial charge in [-0.3, -0.25) is 0 Å². The van der Waals surface area contributed by atoms with Crippen molar-refractivity contribution >= 4 is 5.97 Å². The Hall–Kier alpha value is -1.29. The normalized spacial score (nSPS) is 12.6. The minimum absolute atomic E-state index is 0.211. The van der Waals surface area contributed by atoms with Crippen molar-refractivity contribution in [1.82, 2.24) is 5.32 Å². The summed E-state index contributed by atoms with van der Waals surface area (Å²) < 4.78 is 5.18. The van der Waals surface area contributed by atoms with Gasteiger partial charge in [0.25, 0.3) is 0 Å². The number of nitrogens with one attached hydrogen (secondary N) is 1. The SMILES string of the molecule is CCCCCCC(C)NCc1cc(C(=O)O)co1. The molecular weight excluding hydrogens is 230 g/mol. The van der Waals surface area contributed by atoms with Gasteiger partial charge in [-0.05, 0) is 19.4 Å². The summed E-state index contributed by atoms with van der Waals surface area (Å²) in [6.07, 6.45) is 7.50. The largest absolute Gasteiger partial charge is 0.478 e. The maximum atomic E-state index is 10.7. The summed E-state index contributed by atoms with van der Waals surface area (Å²) in [5.41, 5.74) is 0.211.